The molecule has 5 heteroatoms. The molecule has 0 atom stereocenters. The van der Waals surface area contributed by atoms with E-state index in [0.717, 1.165) is 35.2 Å². The summed E-state index contributed by atoms with van der Waals surface area (Å²) >= 11 is 0. The van der Waals surface area contributed by atoms with Crippen LogP contribution in [0.15, 0.2) is 66.9 Å². The summed E-state index contributed by atoms with van der Waals surface area (Å²) in [5.41, 5.74) is 1.71. The number of carbonyl (C=O) groups is 1. The molecular weight excluding hydrogens is 326 g/mol. The summed E-state index contributed by atoms with van der Waals surface area (Å²) in [4.78, 5) is 18.6. The quantitative estimate of drug-likeness (QED) is 0.768. The molecular formula is C21H21N3O2. The molecule has 0 bridgehead atoms. The number of benzene rings is 2. The molecule has 1 N–H and O–H groups in total. The number of carbonyl (C=O) groups excluding carboxylic acids is 1. The first kappa shape index (κ1) is 16.4. The standard InChI is InChI=1S/C21H21N3O2/c25-21(23-17-8-2-1-3-9-17)24-14-11-18(12-15-24)26-19-10-4-6-16-7-5-13-22-20(16)19/h1-10,13,18H,11-12,14-15H2,(H,23,25). The van der Waals surface area contributed by atoms with Crippen LogP contribution in [0.25, 0.3) is 10.9 Å². The zero-order valence-corrected chi connectivity index (χ0v) is 14.5. The Morgan fingerprint density at radius 1 is 1.00 bits per heavy atom. The largest absolute Gasteiger partial charge is 0.488 e. The molecule has 1 aromatic heterocycles. The van der Waals surface area contributed by atoms with Crippen molar-refractivity contribution in [2.45, 2.75) is 18.9 Å². The van der Waals surface area contributed by atoms with Gasteiger partial charge >= 0.3 is 6.03 Å². The van der Waals surface area contributed by atoms with Crippen molar-refractivity contribution in [2.75, 3.05) is 18.4 Å². The van der Waals surface area contributed by atoms with Gasteiger partial charge < -0.3 is 15.0 Å². The van der Waals surface area contributed by atoms with Crippen molar-refractivity contribution < 1.29 is 9.53 Å². The second kappa shape index (κ2) is 7.44. The van der Waals surface area contributed by atoms with Crippen molar-refractivity contribution in [1.82, 2.24) is 9.88 Å². The van der Waals surface area contributed by atoms with Crippen LogP contribution in [0.3, 0.4) is 0 Å². The zero-order valence-electron chi connectivity index (χ0n) is 14.5. The van der Waals surface area contributed by atoms with E-state index in [1.807, 2.05) is 65.6 Å². The second-order valence-corrected chi connectivity index (χ2v) is 6.43. The SMILES string of the molecule is O=C(Nc1ccccc1)N1CCC(Oc2cccc3cccnc23)CC1. The van der Waals surface area contributed by atoms with Gasteiger partial charge in [0.15, 0.2) is 0 Å². The van der Waals surface area contributed by atoms with Crippen LogP contribution in [0.5, 0.6) is 5.75 Å². The number of nitrogens with zero attached hydrogens (tertiary/aromatic N) is 2. The van der Waals surface area contributed by atoms with Gasteiger partial charge in [-0.3, -0.25) is 4.98 Å². The predicted octanol–water partition coefficient (Wildman–Crippen LogP) is 4.31. The third-order valence-electron chi connectivity index (χ3n) is 4.64. The van der Waals surface area contributed by atoms with E-state index in [2.05, 4.69) is 10.3 Å². The predicted molar refractivity (Wildman–Crippen MR) is 102 cm³/mol. The Bertz CT molecular complexity index is 885. The van der Waals surface area contributed by atoms with Gasteiger partial charge in [0.2, 0.25) is 0 Å². The number of amides is 2. The number of fused-ring (bicyclic) bond motifs is 1. The Morgan fingerprint density at radius 3 is 2.58 bits per heavy atom. The van der Waals surface area contributed by atoms with Gasteiger partial charge in [-0.2, -0.15) is 0 Å². The van der Waals surface area contributed by atoms with Gasteiger partial charge in [-0.25, -0.2) is 4.79 Å². The number of ether oxygens (including phenoxy) is 1. The van der Waals surface area contributed by atoms with E-state index >= 15 is 0 Å². The van der Waals surface area contributed by atoms with Crippen molar-refractivity contribution >= 4 is 22.6 Å². The van der Waals surface area contributed by atoms with Crippen LogP contribution in [-0.4, -0.2) is 35.1 Å². The minimum absolute atomic E-state index is 0.0542. The molecule has 2 aromatic carbocycles. The average Bonchev–Trinajstić information content (AvgIpc) is 2.70. The van der Waals surface area contributed by atoms with Gasteiger partial charge in [0.25, 0.3) is 0 Å². The highest BCUT2D eigenvalue weighted by atomic mass is 16.5. The van der Waals surface area contributed by atoms with E-state index in [-0.39, 0.29) is 12.1 Å². The summed E-state index contributed by atoms with van der Waals surface area (Å²) in [6.07, 6.45) is 3.51. The van der Waals surface area contributed by atoms with E-state index in [1.54, 1.807) is 6.20 Å². The second-order valence-electron chi connectivity index (χ2n) is 6.43. The minimum Gasteiger partial charge on any atom is -0.488 e. The first-order valence-corrected chi connectivity index (χ1v) is 8.91. The molecule has 5 nitrogen and oxygen atoms in total. The van der Waals surface area contributed by atoms with Gasteiger partial charge in [-0.15, -0.1) is 0 Å². The molecule has 0 radical (unpaired) electrons. The van der Waals surface area contributed by atoms with Crippen molar-refractivity contribution in [3.63, 3.8) is 0 Å². The molecule has 2 heterocycles. The number of rotatable bonds is 3. The fourth-order valence-electron chi connectivity index (χ4n) is 3.25. The number of anilines is 1. The lowest BCUT2D eigenvalue weighted by Crippen LogP contribution is -2.43. The lowest BCUT2D eigenvalue weighted by Gasteiger charge is -2.32. The van der Waals surface area contributed by atoms with E-state index in [4.69, 9.17) is 4.74 Å². The third kappa shape index (κ3) is 3.61. The van der Waals surface area contributed by atoms with Gasteiger partial charge in [0.05, 0.1) is 0 Å². The summed E-state index contributed by atoms with van der Waals surface area (Å²) in [5.74, 6) is 0.815. The molecule has 0 unspecified atom stereocenters. The van der Waals surface area contributed by atoms with Gasteiger partial charge in [0.1, 0.15) is 17.4 Å². The maximum atomic E-state index is 12.4. The molecule has 1 saturated heterocycles. The van der Waals surface area contributed by atoms with Gasteiger partial charge in [0, 0.05) is 43.2 Å². The van der Waals surface area contributed by atoms with Crippen LogP contribution >= 0.6 is 0 Å². The smallest absolute Gasteiger partial charge is 0.321 e. The molecule has 2 amide bonds. The number of urea groups is 1. The van der Waals surface area contributed by atoms with Crippen molar-refractivity contribution in [3.05, 3.63) is 66.9 Å². The zero-order chi connectivity index (χ0) is 17.8. The summed E-state index contributed by atoms with van der Waals surface area (Å²) in [5, 5.41) is 4.01. The molecule has 1 fully saturated rings. The number of nitrogens with one attached hydrogen (secondary N) is 1. The Labute approximate surface area is 152 Å². The summed E-state index contributed by atoms with van der Waals surface area (Å²) < 4.78 is 6.19. The van der Waals surface area contributed by atoms with E-state index in [9.17, 15) is 4.79 Å². The van der Waals surface area contributed by atoms with Crippen molar-refractivity contribution in [2.24, 2.45) is 0 Å². The Balaban J connectivity index is 1.35. The van der Waals surface area contributed by atoms with E-state index < -0.39 is 0 Å². The van der Waals surface area contributed by atoms with E-state index in [1.165, 1.54) is 0 Å². The normalized spacial score (nSPS) is 15.0. The fraction of sp³-hybridized carbons (Fsp3) is 0.238. The van der Waals surface area contributed by atoms with Crippen molar-refractivity contribution in [3.8, 4) is 5.75 Å². The van der Waals surface area contributed by atoms with Gasteiger partial charge in [-0.1, -0.05) is 36.4 Å². The monoisotopic (exact) mass is 347 g/mol. The van der Waals surface area contributed by atoms with Crippen molar-refractivity contribution in [1.29, 1.82) is 0 Å². The number of pyridine rings is 1. The highest BCUT2D eigenvalue weighted by molar-refractivity contribution is 5.89. The Kier molecular flexibility index (Phi) is 4.69. The molecule has 4 rings (SSSR count). The summed E-state index contributed by atoms with van der Waals surface area (Å²) in [7, 11) is 0. The van der Waals surface area contributed by atoms with Crippen LogP contribution < -0.4 is 10.1 Å². The fourth-order valence-corrected chi connectivity index (χ4v) is 3.25. The van der Waals surface area contributed by atoms with Crippen LogP contribution in [0.4, 0.5) is 10.5 Å². The summed E-state index contributed by atoms with van der Waals surface area (Å²) in [6, 6.07) is 19.4. The first-order valence-electron chi connectivity index (χ1n) is 8.91. The van der Waals surface area contributed by atoms with Gasteiger partial charge in [-0.05, 0) is 24.3 Å². The molecule has 1 aliphatic rings. The molecule has 0 saturated carbocycles. The van der Waals surface area contributed by atoms with Crippen LogP contribution in [0, 0.1) is 0 Å². The lowest BCUT2D eigenvalue weighted by atomic mass is 10.1. The number of piperidine rings is 1. The topological polar surface area (TPSA) is 54.5 Å². The Hall–Kier alpha value is -3.08. The third-order valence-corrected chi connectivity index (χ3v) is 4.64. The number of hydrogen-bond acceptors (Lipinski definition) is 3. The highest BCUT2D eigenvalue weighted by Crippen LogP contribution is 2.26. The lowest BCUT2D eigenvalue weighted by molar-refractivity contribution is 0.116. The van der Waals surface area contributed by atoms with Crippen LogP contribution in [0.1, 0.15) is 12.8 Å². The maximum absolute atomic E-state index is 12.4. The molecule has 1 aliphatic heterocycles. The Morgan fingerprint density at radius 2 is 1.77 bits per heavy atom. The molecule has 0 spiro atoms. The number of para-hydroxylation sites is 2. The highest BCUT2D eigenvalue weighted by Gasteiger charge is 2.24. The molecule has 26 heavy (non-hydrogen) atoms. The number of aromatic nitrogens is 1. The average molecular weight is 347 g/mol. The molecule has 0 aliphatic carbocycles. The number of hydrogen-bond donors (Lipinski definition) is 1. The van der Waals surface area contributed by atoms with Crippen LogP contribution in [-0.2, 0) is 0 Å². The first-order chi connectivity index (χ1) is 12.8. The summed E-state index contributed by atoms with van der Waals surface area (Å²) in [6.45, 7) is 1.36. The van der Waals surface area contributed by atoms with Crippen LogP contribution in [0.2, 0.25) is 0 Å². The molecule has 132 valence electrons. The maximum Gasteiger partial charge on any atom is 0.321 e. The molecule has 3 aromatic rings. The minimum atomic E-state index is -0.0542. The van der Waals surface area contributed by atoms with E-state index in [0.29, 0.717) is 13.1 Å². The number of likely N-dealkylation sites (tertiary alicyclic amines) is 1.